The van der Waals surface area contributed by atoms with Gasteiger partial charge in [-0.3, -0.25) is 0 Å². The van der Waals surface area contributed by atoms with Crippen LogP contribution in [0.4, 0.5) is 5.69 Å². The fourth-order valence-corrected chi connectivity index (χ4v) is 3.56. The molecular formula is C19H24N2O4S. The van der Waals surface area contributed by atoms with Gasteiger partial charge in [-0.2, -0.15) is 4.31 Å². The first-order valence-corrected chi connectivity index (χ1v) is 9.69. The quantitative estimate of drug-likeness (QED) is 0.695. The second kappa shape index (κ2) is 8.33. The maximum atomic E-state index is 12.7. The highest BCUT2D eigenvalue weighted by atomic mass is 32.2. The summed E-state index contributed by atoms with van der Waals surface area (Å²) in [4.78, 5) is 13.8. The molecule has 0 atom stereocenters. The van der Waals surface area contributed by atoms with Crippen LogP contribution in [0.25, 0.3) is 0 Å². The molecule has 0 aliphatic heterocycles. The van der Waals surface area contributed by atoms with Crippen molar-refractivity contribution in [1.29, 1.82) is 0 Å². The predicted molar refractivity (Wildman–Crippen MR) is 102 cm³/mol. The molecule has 0 fully saturated rings. The highest BCUT2D eigenvalue weighted by Crippen LogP contribution is 2.19. The highest BCUT2D eigenvalue weighted by Gasteiger charge is 2.21. The van der Waals surface area contributed by atoms with Crippen LogP contribution in [0.15, 0.2) is 53.4 Å². The van der Waals surface area contributed by atoms with E-state index in [0.29, 0.717) is 5.56 Å². The van der Waals surface area contributed by atoms with Gasteiger partial charge < -0.3 is 9.64 Å². The standard InChI is InChI=1S/C19H24N2O4S/c1-5-25-19(22)16-8-12-18(13-9-16)26(23,24)21(4)14-15-6-10-17(11-7-15)20(2)3/h6-13H,5,14H2,1-4H3. The minimum atomic E-state index is -3.65. The summed E-state index contributed by atoms with van der Waals surface area (Å²) in [6, 6.07) is 13.5. The maximum absolute atomic E-state index is 12.7. The number of anilines is 1. The van der Waals surface area contributed by atoms with Gasteiger partial charge in [-0.25, -0.2) is 13.2 Å². The lowest BCUT2D eigenvalue weighted by molar-refractivity contribution is 0.0526. The molecule has 7 heteroatoms. The number of nitrogens with zero attached hydrogens (tertiary/aromatic N) is 2. The Balaban J connectivity index is 2.14. The van der Waals surface area contributed by atoms with Crippen molar-refractivity contribution in [2.24, 2.45) is 0 Å². The summed E-state index contributed by atoms with van der Waals surface area (Å²) in [6.45, 7) is 2.25. The van der Waals surface area contributed by atoms with Gasteiger partial charge in [0.15, 0.2) is 0 Å². The molecule has 2 rings (SSSR count). The van der Waals surface area contributed by atoms with E-state index in [2.05, 4.69) is 0 Å². The van der Waals surface area contributed by atoms with Crippen molar-refractivity contribution in [2.75, 3.05) is 32.6 Å². The van der Waals surface area contributed by atoms with E-state index in [4.69, 9.17) is 4.74 Å². The molecule has 0 aliphatic rings. The molecule has 0 heterocycles. The second-order valence-corrected chi connectivity index (χ2v) is 8.11. The Morgan fingerprint density at radius 1 is 0.962 bits per heavy atom. The first-order valence-electron chi connectivity index (χ1n) is 8.25. The van der Waals surface area contributed by atoms with Gasteiger partial charge in [-0.15, -0.1) is 0 Å². The van der Waals surface area contributed by atoms with E-state index >= 15 is 0 Å². The Morgan fingerprint density at radius 3 is 2.04 bits per heavy atom. The maximum Gasteiger partial charge on any atom is 0.338 e. The largest absolute Gasteiger partial charge is 0.462 e. The van der Waals surface area contributed by atoms with Gasteiger partial charge in [-0.1, -0.05) is 12.1 Å². The number of hydrogen-bond donors (Lipinski definition) is 0. The summed E-state index contributed by atoms with van der Waals surface area (Å²) in [5.74, 6) is -0.467. The summed E-state index contributed by atoms with van der Waals surface area (Å²) in [6.07, 6.45) is 0. The Hall–Kier alpha value is -2.38. The Bertz CT molecular complexity index is 844. The fourth-order valence-electron chi connectivity index (χ4n) is 2.40. The number of sulfonamides is 1. The predicted octanol–water partition coefficient (Wildman–Crippen LogP) is 2.75. The Kier molecular flexibility index (Phi) is 6.39. The Morgan fingerprint density at radius 2 is 1.54 bits per heavy atom. The van der Waals surface area contributed by atoms with Crippen molar-refractivity contribution in [3.05, 3.63) is 59.7 Å². The van der Waals surface area contributed by atoms with Crippen LogP contribution >= 0.6 is 0 Å². The summed E-state index contributed by atoms with van der Waals surface area (Å²) in [5.41, 5.74) is 2.27. The van der Waals surface area contributed by atoms with Crippen molar-refractivity contribution in [3.63, 3.8) is 0 Å². The van der Waals surface area contributed by atoms with E-state index in [0.717, 1.165) is 11.3 Å². The molecule has 0 saturated carbocycles. The third-order valence-corrected chi connectivity index (χ3v) is 5.75. The lowest BCUT2D eigenvalue weighted by Crippen LogP contribution is -2.26. The van der Waals surface area contributed by atoms with Gasteiger partial charge >= 0.3 is 5.97 Å². The molecule has 2 aromatic carbocycles. The average Bonchev–Trinajstić information content (AvgIpc) is 2.62. The van der Waals surface area contributed by atoms with Crippen molar-refractivity contribution in [1.82, 2.24) is 4.31 Å². The zero-order chi connectivity index (χ0) is 19.3. The van der Waals surface area contributed by atoms with E-state index in [9.17, 15) is 13.2 Å². The molecule has 0 amide bonds. The zero-order valence-electron chi connectivity index (χ0n) is 15.5. The SMILES string of the molecule is CCOC(=O)c1ccc(S(=O)(=O)N(C)Cc2ccc(N(C)C)cc2)cc1. The molecule has 0 unspecified atom stereocenters. The first kappa shape index (κ1) is 19.9. The molecule has 0 aliphatic carbocycles. The zero-order valence-corrected chi connectivity index (χ0v) is 16.3. The summed E-state index contributed by atoms with van der Waals surface area (Å²) in [5, 5.41) is 0. The smallest absolute Gasteiger partial charge is 0.338 e. The van der Waals surface area contributed by atoms with Gasteiger partial charge in [0.05, 0.1) is 17.1 Å². The molecule has 2 aromatic rings. The summed E-state index contributed by atoms with van der Waals surface area (Å²) in [7, 11) is 1.79. The normalized spacial score (nSPS) is 11.4. The van der Waals surface area contributed by atoms with Crippen LogP contribution in [-0.4, -0.2) is 46.4 Å². The number of rotatable bonds is 7. The van der Waals surface area contributed by atoms with Crippen molar-refractivity contribution >= 4 is 21.7 Å². The minimum absolute atomic E-state index is 0.137. The molecular weight excluding hydrogens is 352 g/mol. The number of ether oxygens (including phenoxy) is 1. The lowest BCUT2D eigenvalue weighted by atomic mass is 10.2. The monoisotopic (exact) mass is 376 g/mol. The van der Waals surface area contributed by atoms with Gasteiger partial charge in [0, 0.05) is 33.4 Å². The second-order valence-electron chi connectivity index (χ2n) is 6.07. The topological polar surface area (TPSA) is 66.9 Å². The lowest BCUT2D eigenvalue weighted by Gasteiger charge is -2.18. The number of esters is 1. The van der Waals surface area contributed by atoms with Crippen LogP contribution in [0.5, 0.6) is 0 Å². The number of benzene rings is 2. The van der Waals surface area contributed by atoms with Crippen molar-refractivity contribution in [3.8, 4) is 0 Å². The van der Waals surface area contributed by atoms with Crippen LogP contribution < -0.4 is 4.90 Å². The molecule has 0 spiro atoms. The third-order valence-electron chi connectivity index (χ3n) is 3.93. The molecule has 26 heavy (non-hydrogen) atoms. The fraction of sp³-hybridized carbons (Fsp3) is 0.316. The van der Waals surface area contributed by atoms with E-state index in [1.165, 1.54) is 35.6 Å². The van der Waals surface area contributed by atoms with Crippen LogP contribution in [-0.2, 0) is 21.3 Å². The average molecular weight is 376 g/mol. The van der Waals surface area contributed by atoms with E-state index in [-0.39, 0.29) is 18.0 Å². The van der Waals surface area contributed by atoms with Gasteiger partial charge in [-0.05, 0) is 48.9 Å². The first-order chi connectivity index (χ1) is 12.3. The number of carbonyl (C=O) groups excluding carboxylic acids is 1. The highest BCUT2D eigenvalue weighted by molar-refractivity contribution is 7.89. The van der Waals surface area contributed by atoms with E-state index in [1.54, 1.807) is 6.92 Å². The van der Waals surface area contributed by atoms with Gasteiger partial charge in [0.25, 0.3) is 0 Å². The van der Waals surface area contributed by atoms with Crippen LogP contribution in [0.2, 0.25) is 0 Å². The van der Waals surface area contributed by atoms with Crippen LogP contribution in [0.1, 0.15) is 22.8 Å². The van der Waals surface area contributed by atoms with Crippen LogP contribution in [0.3, 0.4) is 0 Å². The molecule has 6 nitrogen and oxygen atoms in total. The summed E-state index contributed by atoms with van der Waals surface area (Å²) >= 11 is 0. The third kappa shape index (κ3) is 4.62. The van der Waals surface area contributed by atoms with Crippen molar-refractivity contribution < 1.29 is 17.9 Å². The van der Waals surface area contributed by atoms with E-state index < -0.39 is 16.0 Å². The Labute approximate surface area is 155 Å². The molecule has 0 aromatic heterocycles. The minimum Gasteiger partial charge on any atom is -0.462 e. The molecule has 0 bridgehead atoms. The summed E-state index contributed by atoms with van der Waals surface area (Å²) < 4.78 is 31.6. The van der Waals surface area contributed by atoms with Crippen molar-refractivity contribution in [2.45, 2.75) is 18.4 Å². The molecule has 140 valence electrons. The molecule has 0 N–H and O–H groups in total. The van der Waals surface area contributed by atoms with Crippen LogP contribution in [0, 0.1) is 0 Å². The van der Waals surface area contributed by atoms with E-state index in [1.807, 2.05) is 43.3 Å². The number of carbonyl (C=O) groups is 1. The molecule has 0 saturated heterocycles. The molecule has 0 radical (unpaired) electrons. The number of hydrogen-bond acceptors (Lipinski definition) is 5. The van der Waals surface area contributed by atoms with Gasteiger partial charge in [0.2, 0.25) is 10.0 Å². The van der Waals surface area contributed by atoms with Gasteiger partial charge in [0.1, 0.15) is 0 Å².